The first-order valence-corrected chi connectivity index (χ1v) is 44.0. The number of aryl methyl sites for hydroxylation is 1. The number of alkyl halides is 1. The molecule has 6 N–H and O–H groups in total. The lowest BCUT2D eigenvalue weighted by atomic mass is 10.1. The van der Waals surface area contributed by atoms with Crippen LogP contribution in [0.3, 0.4) is 0 Å². The van der Waals surface area contributed by atoms with E-state index in [0.717, 1.165) is 22.9 Å². The first kappa shape index (κ1) is 103. The lowest BCUT2D eigenvalue weighted by molar-refractivity contribution is -0.126. The average molecular weight is 2240 g/mol. The van der Waals surface area contributed by atoms with E-state index in [1.165, 1.54) is 60.9 Å². The zero-order valence-corrected chi connectivity index (χ0v) is 79.8. The van der Waals surface area contributed by atoms with E-state index in [1.807, 2.05) is 0 Å². The van der Waals surface area contributed by atoms with Crippen LogP contribution in [0, 0.1) is 41.5 Å². The number of hydroxylamine groups is 1. The van der Waals surface area contributed by atoms with Gasteiger partial charge in [0.25, 0.3) is 0 Å². The zero-order chi connectivity index (χ0) is 89.2. The summed E-state index contributed by atoms with van der Waals surface area (Å²) in [5.74, 6) is 0.636. The molecule has 0 aliphatic heterocycles. The first-order valence-electron chi connectivity index (χ1n) is 32.6. The highest BCUT2D eigenvalue weighted by Crippen LogP contribution is 2.37. The van der Waals surface area contributed by atoms with Crippen molar-refractivity contribution < 1.29 is 69.1 Å². The predicted octanol–water partition coefficient (Wildman–Crippen LogP) is 30.9. The Morgan fingerprint density at radius 3 is 1.15 bits per heavy atom. The van der Waals surface area contributed by atoms with Crippen LogP contribution < -0.4 is 34.9 Å². The minimum absolute atomic E-state index is 0.0550. The fourth-order valence-electron chi connectivity index (χ4n) is 8.63. The van der Waals surface area contributed by atoms with Crippen LogP contribution in [-0.4, -0.2) is 41.2 Å². The molecule has 0 aliphatic rings. The molecule has 0 bridgehead atoms. The summed E-state index contributed by atoms with van der Waals surface area (Å²) in [6.45, 7) is 3.59. The van der Waals surface area contributed by atoms with Crippen molar-refractivity contribution in [1.29, 1.82) is 5.26 Å². The Kier molecular flexibility index (Phi) is 42.6. The van der Waals surface area contributed by atoms with Gasteiger partial charge in [0.1, 0.15) is 84.5 Å². The quantitative estimate of drug-likeness (QED) is 0.0210. The number of sulfonamides is 1. The van der Waals surface area contributed by atoms with Gasteiger partial charge in [-0.05, 0) is 205 Å². The molecule has 0 saturated carbocycles. The van der Waals surface area contributed by atoms with E-state index in [0.29, 0.717) is 162 Å². The fraction of sp³-hybridized carbons (Fsp3) is 0.103. The van der Waals surface area contributed by atoms with Crippen molar-refractivity contribution in [3.05, 3.63) is 320 Å². The first-order chi connectivity index (χ1) is 56.5. The fourth-order valence-corrected chi connectivity index (χ4v) is 13.9. The molecule has 13 rings (SSSR count). The van der Waals surface area contributed by atoms with Crippen molar-refractivity contribution in [3.63, 3.8) is 0 Å². The SMILES string of the molecule is CC(=O)NO.CS(=O)(=O)Nc1noc2cc(COc3ccc(Cl)c(Cl)c3)c(Cl)cc12.Cc1cc(F)c(Br)cc1Cl.Fc1cc(CBr)c(Cl)cc1Br.Fc1cc(COc2ccc(Cl)c(Cl)c2)c(Cl)cc1Br.N#Cc1cc(Cl)c(COc2ccc(Cl)c(Cl)c2)cc1F.Nc1noc2cc(COc3ccc(Cl)c(Cl)c3)c(Cl)cc12.Oc1ccc(Cl)c(Cl)c1. The smallest absolute Gasteiger partial charge is 0.240 e. The van der Waals surface area contributed by atoms with Crippen LogP contribution in [0.15, 0.2) is 186 Å². The van der Waals surface area contributed by atoms with Crippen molar-refractivity contribution in [2.24, 2.45) is 0 Å². The summed E-state index contributed by atoms with van der Waals surface area (Å²) in [5, 5.41) is 41.0. The van der Waals surface area contributed by atoms with Gasteiger partial charge in [-0.3, -0.25) is 14.7 Å². The number of carbonyl (C=O) groups excluding carboxylic acids is 1. The van der Waals surface area contributed by atoms with E-state index < -0.39 is 27.6 Å². The molecule has 0 saturated heterocycles. The van der Waals surface area contributed by atoms with E-state index >= 15 is 0 Å². The Labute approximate surface area is 797 Å². The molecule has 2 aromatic heterocycles. The van der Waals surface area contributed by atoms with Crippen LogP contribution in [0.25, 0.3) is 21.9 Å². The van der Waals surface area contributed by atoms with Gasteiger partial charge >= 0.3 is 0 Å². The number of nitrogens with two attached hydrogens (primary N) is 1. The van der Waals surface area contributed by atoms with Crippen molar-refractivity contribution in [3.8, 4) is 34.8 Å². The molecule has 120 heavy (non-hydrogen) atoms. The topological polar surface area (TPSA) is 255 Å². The molecule has 634 valence electrons. The molecule has 0 atom stereocenters. The average Bonchev–Trinajstić information content (AvgIpc) is 1.65. The van der Waals surface area contributed by atoms with Crippen molar-refractivity contribution >= 4 is 299 Å². The van der Waals surface area contributed by atoms with Gasteiger partial charge in [-0.2, -0.15) is 5.26 Å². The number of phenols is 1. The summed E-state index contributed by atoms with van der Waals surface area (Å²) in [7, 11) is -3.48. The molecule has 1 amide bonds. The number of aromatic nitrogens is 2. The molecule has 42 heteroatoms. The third kappa shape index (κ3) is 33.2. The third-order valence-corrected chi connectivity index (χ3v) is 23.4. The van der Waals surface area contributed by atoms with Crippen LogP contribution in [0.2, 0.25) is 80.4 Å². The highest BCUT2D eigenvalue weighted by molar-refractivity contribution is 9.11. The molecule has 11 aromatic carbocycles. The van der Waals surface area contributed by atoms with Crippen LogP contribution in [-0.2, 0) is 46.6 Å². The summed E-state index contributed by atoms with van der Waals surface area (Å²) in [6.07, 6.45) is 1.02. The number of nitrogens with one attached hydrogen (secondary N) is 2. The van der Waals surface area contributed by atoms with E-state index in [1.54, 1.807) is 128 Å². The highest BCUT2D eigenvalue weighted by Gasteiger charge is 2.18. The molecule has 0 radical (unpaired) electrons. The Morgan fingerprint density at radius 2 is 0.783 bits per heavy atom. The molecular weight excluding hydrogens is 2190 g/mol. The maximum Gasteiger partial charge on any atom is 0.240 e. The van der Waals surface area contributed by atoms with Crippen LogP contribution in [0.4, 0.5) is 29.2 Å². The molecule has 0 unspecified atom stereocenters. The van der Waals surface area contributed by atoms with Gasteiger partial charge in [-0.15, -0.1) is 0 Å². The number of nitriles is 1. The minimum atomic E-state index is -3.48. The lowest BCUT2D eigenvalue weighted by Crippen LogP contribution is -2.12. The largest absolute Gasteiger partial charge is 0.508 e. The number of anilines is 2. The van der Waals surface area contributed by atoms with Crippen molar-refractivity contribution in [2.45, 2.75) is 45.6 Å². The Hall–Kier alpha value is -5.89. The maximum absolute atomic E-state index is 13.5. The maximum atomic E-state index is 13.5. The molecule has 2 heterocycles. The summed E-state index contributed by atoms with van der Waals surface area (Å²) >= 11 is 106. The van der Waals surface area contributed by atoms with E-state index in [9.17, 15) is 30.8 Å². The normalized spacial score (nSPS) is 10.5. The zero-order valence-electron chi connectivity index (χ0n) is 60.6. The molecule has 0 spiro atoms. The van der Waals surface area contributed by atoms with Crippen molar-refractivity contribution in [1.82, 2.24) is 15.8 Å². The number of halogens is 24. The summed E-state index contributed by atoms with van der Waals surface area (Å²) in [5.41, 5.74) is 11.8. The summed E-state index contributed by atoms with van der Waals surface area (Å²) < 4.78 is 111. The Bertz CT molecular complexity index is 5930. The number of nitrogen functional groups attached to an aromatic ring is 1. The summed E-state index contributed by atoms with van der Waals surface area (Å²) in [4.78, 5) is 9.45. The van der Waals surface area contributed by atoms with Gasteiger partial charge in [0.05, 0.1) is 86.2 Å². The van der Waals surface area contributed by atoms with Gasteiger partial charge in [0.15, 0.2) is 22.8 Å². The number of nitrogens with zero attached hydrogens (tertiary/aromatic N) is 3. The Morgan fingerprint density at radius 1 is 0.458 bits per heavy atom. The monoisotopic (exact) mass is 2230 g/mol. The number of phenolic OH excluding ortho intramolecular Hbond substituents is 1. The van der Waals surface area contributed by atoms with Gasteiger partial charge in [-0.25, -0.2) is 31.5 Å². The van der Waals surface area contributed by atoms with E-state index in [-0.39, 0.29) is 60.2 Å². The number of amides is 1. The number of rotatable bonds is 15. The third-order valence-electron chi connectivity index (χ3n) is 14.6. The van der Waals surface area contributed by atoms with Crippen molar-refractivity contribution in [2.75, 3.05) is 16.7 Å². The molecule has 0 aliphatic carbocycles. The highest BCUT2D eigenvalue weighted by atomic mass is 79.9. The van der Waals surface area contributed by atoms with Crippen LogP contribution >= 0.6 is 249 Å². The second-order valence-corrected chi connectivity index (χ2v) is 34.9. The molecular formula is C78H52Br4Cl16F4N6O11S. The Balaban J connectivity index is 0.000000220. The summed E-state index contributed by atoms with van der Waals surface area (Å²) in [6, 6.07) is 43.6. The molecule has 0 fully saturated rings. The number of hydrogen-bond donors (Lipinski definition) is 5. The van der Waals surface area contributed by atoms with Crippen LogP contribution in [0.5, 0.6) is 28.7 Å². The van der Waals surface area contributed by atoms with E-state index in [4.69, 9.17) is 235 Å². The number of hydrogen-bond acceptors (Lipinski definition) is 15. The second-order valence-electron chi connectivity index (χ2n) is 23.5. The number of benzene rings is 11. The van der Waals surface area contributed by atoms with E-state index in [2.05, 4.69) is 78.8 Å². The predicted molar refractivity (Wildman–Crippen MR) is 489 cm³/mol. The second kappa shape index (κ2) is 49.7. The number of carbonyl (C=O) groups is 1. The minimum Gasteiger partial charge on any atom is -0.508 e. The molecule has 13 aromatic rings. The number of ether oxygens (including phenoxy) is 4. The standard InChI is InChI=1S/C15H11Cl3N2O4S.C14H7Cl3FNO.C14H9Cl3N2O2.C13H7BrCl3FO.C7H4Br2ClF.C7H5BrClF.C6H4Cl2O.C2H5NO2/c1-25(21,22)20-15-10-6-12(17)8(4-14(10)24-19-15)7-23-9-2-3-11(16)13(18)5-9;15-11-2-1-10(5-13(11)17)20-7-9-4-14(18)8(6-19)3-12(9)16;15-10-2-1-8(4-12(10)17)20-6-7-3-13-9(5-11(7)16)14(18)19-21-13;14-9-5-11(16)7(3-13(9)18)6-19-8-1-2-10(15)12(17)4-8;8-3-4-1-7(11)5(9)2-6(4)10;1-4-2-7(10)5(8)3-6(4)9;7-5-2-1-4(9)3-6(5)8;1-2(4)3-5/h2-6H,7H2,1H3,(H,19,20);1-5H,7H2;1-5H,6H2,(H2,18,19);1-5H,6H2;1-2H,3H2;2-3H,1H3;1-3,9H;5H,1H3,(H,3,4). The molecule has 17 nitrogen and oxygen atoms in total. The van der Waals surface area contributed by atoms with Gasteiger partial charge in [-0.1, -0.05) is 212 Å². The van der Waals surface area contributed by atoms with Gasteiger partial charge in [0, 0.05) is 88.9 Å². The van der Waals surface area contributed by atoms with Gasteiger partial charge < -0.3 is 38.8 Å². The number of aromatic hydroxyl groups is 1. The lowest BCUT2D eigenvalue weighted by Gasteiger charge is -2.09. The van der Waals surface area contributed by atoms with Crippen LogP contribution in [0.1, 0.15) is 45.9 Å². The number of fused-ring (bicyclic) bond motifs is 2. The van der Waals surface area contributed by atoms with Gasteiger partial charge in [0.2, 0.25) is 15.9 Å².